The fourth-order valence-corrected chi connectivity index (χ4v) is 2.49. The Bertz CT molecular complexity index is 544. The number of allylic oxidation sites excluding steroid dienone is 2. The fourth-order valence-electron chi connectivity index (χ4n) is 2.49. The van der Waals surface area contributed by atoms with Gasteiger partial charge in [-0.1, -0.05) is 26.7 Å². The van der Waals surface area contributed by atoms with E-state index in [-0.39, 0.29) is 37.1 Å². The van der Waals surface area contributed by atoms with E-state index >= 15 is 0 Å². The molecule has 0 atom stereocenters. The number of ketones is 1. The third kappa shape index (κ3) is 8.24. The molecule has 0 spiro atoms. The van der Waals surface area contributed by atoms with E-state index in [9.17, 15) is 0 Å². The number of aliphatic hydroxyl groups excluding tert-OH is 1. The summed E-state index contributed by atoms with van der Waals surface area (Å²) in [5, 5.41) is 8.40. The minimum absolute atomic E-state index is 0. The summed E-state index contributed by atoms with van der Waals surface area (Å²) in [5.41, 5.74) is 2.61. The van der Waals surface area contributed by atoms with Crippen LogP contribution >= 0.6 is 0 Å². The number of hydrogen-bond donors (Lipinski definition) is 1. The second-order valence-corrected chi connectivity index (χ2v) is 6.27. The van der Waals surface area contributed by atoms with Gasteiger partial charge in [-0.25, -0.2) is 0 Å². The molecule has 2 rings (SSSR count). The van der Waals surface area contributed by atoms with E-state index in [1.807, 2.05) is 12.1 Å². The number of hydrogen-bond acceptors (Lipinski definition) is 2. The van der Waals surface area contributed by atoms with Gasteiger partial charge in [-0.15, -0.1) is 35.9 Å². The Kier molecular flexibility index (Phi) is 9.94. The van der Waals surface area contributed by atoms with Crippen LogP contribution < -0.4 is 0 Å². The van der Waals surface area contributed by atoms with Crippen LogP contribution in [0.2, 0.25) is 0 Å². The molecule has 1 radical (unpaired) electrons. The summed E-state index contributed by atoms with van der Waals surface area (Å²) in [7, 11) is 0. The largest absolute Gasteiger partial charge is 0.512 e. The molecule has 0 aromatic heterocycles. The number of benzene rings is 1. The maximum Gasteiger partial charge on any atom is 0.316 e. The smallest absolute Gasteiger partial charge is 0.316 e. The molecule has 0 unspecified atom stereocenters. The number of nitrogens with zero attached hydrogens (tertiary/aromatic N) is 1. The van der Waals surface area contributed by atoms with Crippen LogP contribution in [-0.2, 0) is 20.1 Å². The van der Waals surface area contributed by atoms with E-state index in [0.29, 0.717) is 0 Å². The van der Waals surface area contributed by atoms with Gasteiger partial charge in [-0.2, -0.15) is 0 Å². The molecule has 3 nitrogen and oxygen atoms in total. The maximum atomic E-state index is 8.40. The van der Waals surface area contributed by atoms with Crippen LogP contribution in [0.5, 0.6) is 0 Å². The van der Waals surface area contributed by atoms with E-state index in [1.165, 1.54) is 50.5 Å². The third-order valence-electron chi connectivity index (χ3n) is 3.50. The van der Waals surface area contributed by atoms with Crippen LogP contribution in [0.4, 0.5) is 0 Å². The summed E-state index contributed by atoms with van der Waals surface area (Å²) < 4.78 is 0. The van der Waals surface area contributed by atoms with Crippen molar-refractivity contribution in [3.05, 3.63) is 47.7 Å². The SMILES string of the molecule is CC(=[OH+])/C=C(/C)O.CC1(C)CCCCN=C1c1[c-]cccc1.[Ir]. The average molecular weight is 494 g/mol. The Morgan fingerprint density at radius 3 is 2.48 bits per heavy atom. The third-order valence-corrected chi connectivity index (χ3v) is 3.50. The van der Waals surface area contributed by atoms with E-state index in [2.05, 4.69) is 32.0 Å². The predicted molar refractivity (Wildman–Crippen MR) is 93.3 cm³/mol. The molecular formula is C19H27IrNO2. The quantitative estimate of drug-likeness (QED) is 0.281. The molecule has 1 aromatic carbocycles. The molecule has 0 saturated carbocycles. The van der Waals surface area contributed by atoms with E-state index in [4.69, 9.17) is 14.9 Å². The Morgan fingerprint density at radius 2 is 2.00 bits per heavy atom. The topological polar surface area (TPSA) is 54.0 Å². The number of aliphatic hydroxyl groups is 1. The maximum absolute atomic E-state index is 8.40. The second kappa shape index (κ2) is 10.5. The molecular weight excluding hydrogens is 466 g/mol. The van der Waals surface area contributed by atoms with Crippen molar-refractivity contribution >= 4 is 11.5 Å². The first-order valence-electron chi connectivity index (χ1n) is 7.75. The van der Waals surface area contributed by atoms with Crippen molar-refractivity contribution < 1.29 is 30.0 Å². The van der Waals surface area contributed by atoms with Gasteiger partial charge in [0.15, 0.2) is 0 Å². The van der Waals surface area contributed by atoms with Gasteiger partial charge in [-0.05, 0) is 24.5 Å². The number of aliphatic imine (C=N–C) groups is 1. The van der Waals surface area contributed by atoms with Gasteiger partial charge in [0.25, 0.3) is 0 Å². The zero-order chi connectivity index (χ0) is 16.6. The van der Waals surface area contributed by atoms with Crippen LogP contribution in [0.3, 0.4) is 0 Å². The van der Waals surface area contributed by atoms with Crippen molar-refractivity contribution in [2.45, 2.75) is 47.0 Å². The van der Waals surface area contributed by atoms with Crippen molar-refractivity contribution in [2.75, 3.05) is 6.54 Å². The molecule has 0 fully saturated rings. The summed E-state index contributed by atoms with van der Waals surface area (Å²) in [6, 6.07) is 11.5. The minimum Gasteiger partial charge on any atom is -0.512 e. The van der Waals surface area contributed by atoms with Crippen LogP contribution in [0, 0.1) is 11.5 Å². The Morgan fingerprint density at radius 1 is 1.30 bits per heavy atom. The summed E-state index contributed by atoms with van der Waals surface area (Å²) in [5.74, 6) is 0.250. The van der Waals surface area contributed by atoms with Crippen molar-refractivity contribution in [3.63, 3.8) is 0 Å². The Labute approximate surface area is 153 Å². The first-order chi connectivity index (χ1) is 10.3. The first kappa shape index (κ1) is 21.7. The zero-order valence-electron chi connectivity index (χ0n) is 14.4. The van der Waals surface area contributed by atoms with Gasteiger partial charge in [0.2, 0.25) is 0 Å². The van der Waals surface area contributed by atoms with Crippen LogP contribution in [0.1, 0.15) is 52.5 Å². The van der Waals surface area contributed by atoms with Gasteiger partial charge in [0.1, 0.15) is 0 Å². The summed E-state index contributed by atoms with van der Waals surface area (Å²) in [6.45, 7) is 8.55. The molecule has 0 saturated heterocycles. The molecule has 23 heavy (non-hydrogen) atoms. The van der Waals surface area contributed by atoms with Crippen LogP contribution in [0.25, 0.3) is 0 Å². The summed E-state index contributed by atoms with van der Waals surface area (Å²) in [6.07, 6.45) is 5.02. The molecule has 0 bridgehead atoms. The van der Waals surface area contributed by atoms with Gasteiger partial charge >= 0.3 is 5.78 Å². The molecule has 1 aliphatic heterocycles. The molecule has 1 aliphatic rings. The summed E-state index contributed by atoms with van der Waals surface area (Å²) >= 11 is 0. The molecule has 1 aromatic rings. The van der Waals surface area contributed by atoms with E-state index in [1.54, 1.807) is 0 Å². The molecule has 0 amide bonds. The Hall–Kier alpha value is -1.25. The van der Waals surface area contributed by atoms with Crippen LogP contribution in [0.15, 0.2) is 41.1 Å². The van der Waals surface area contributed by atoms with Crippen molar-refractivity contribution in [1.82, 2.24) is 0 Å². The molecule has 2 N–H and O–H groups in total. The number of rotatable bonds is 2. The minimum atomic E-state index is 0. The average Bonchev–Trinajstić information content (AvgIpc) is 2.59. The van der Waals surface area contributed by atoms with Gasteiger partial charge in [-0.3, -0.25) is 4.79 Å². The first-order valence-corrected chi connectivity index (χ1v) is 7.75. The Balaban J connectivity index is 0.000000522. The zero-order valence-corrected chi connectivity index (χ0v) is 16.8. The monoisotopic (exact) mass is 494 g/mol. The predicted octanol–water partition coefficient (Wildman–Crippen LogP) is 4.50. The van der Waals surface area contributed by atoms with E-state index in [0.717, 1.165) is 6.54 Å². The molecule has 0 aliphatic carbocycles. The van der Waals surface area contributed by atoms with Crippen molar-refractivity contribution in [3.8, 4) is 0 Å². The standard InChI is InChI=1S/C14H18N.C5H8O2.Ir/c1-14(2)10-6-7-11-15-13(14)12-8-4-3-5-9-12;1-4(6)3-5(2)7;/h3-5,8H,6-7,10-11H2,1-2H3;3,6H,1-2H3;/q-1;;/p+1/b;4-3-;. The summed E-state index contributed by atoms with van der Waals surface area (Å²) in [4.78, 5) is 13.1. The molecule has 129 valence electrons. The second-order valence-electron chi connectivity index (χ2n) is 6.27. The van der Waals surface area contributed by atoms with Gasteiger partial charge in [0, 0.05) is 26.7 Å². The number of carbonyl (C=O) groups excluding carboxylic acids is 1. The fraction of sp³-hybridized carbons (Fsp3) is 0.474. The molecule has 1 heterocycles. The van der Waals surface area contributed by atoms with Gasteiger partial charge < -0.3 is 10.1 Å². The van der Waals surface area contributed by atoms with Crippen molar-refractivity contribution in [2.24, 2.45) is 10.4 Å². The normalized spacial score (nSPS) is 16.9. The van der Waals surface area contributed by atoms with Gasteiger partial charge in [0.05, 0.1) is 18.8 Å². The van der Waals surface area contributed by atoms with Crippen LogP contribution in [-0.4, -0.2) is 27.9 Å². The van der Waals surface area contributed by atoms with Crippen molar-refractivity contribution in [1.29, 1.82) is 0 Å². The van der Waals surface area contributed by atoms with E-state index < -0.39 is 0 Å². The molecule has 4 heteroatoms.